The van der Waals surface area contributed by atoms with Crippen LogP contribution in [0.15, 0.2) is 24.3 Å². The number of methoxy groups -OCH3 is 1. The van der Waals surface area contributed by atoms with Gasteiger partial charge in [0.05, 0.1) is 12.2 Å². The van der Waals surface area contributed by atoms with Gasteiger partial charge in [0.15, 0.2) is 0 Å². The van der Waals surface area contributed by atoms with Crippen LogP contribution in [0.2, 0.25) is 0 Å². The van der Waals surface area contributed by atoms with Gasteiger partial charge in [0.1, 0.15) is 5.75 Å². The first-order valence-electron chi connectivity index (χ1n) is 7.41. The Morgan fingerprint density at radius 1 is 0.880 bits per heavy atom. The van der Waals surface area contributed by atoms with Crippen LogP contribution in [0, 0.1) is 0 Å². The van der Waals surface area contributed by atoms with E-state index in [1.165, 1.54) is 24.3 Å². The summed E-state index contributed by atoms with van der Waals surface area (Å²) in [6, 6.07) is 5.26. The predicted octanol–water partition coefficient (Wildman–Crippen LogP) is 5.56. The van der Waals surface area contributed by atoms with Gasteiger partial charge in [-0.05, 0) is 31.0 Å². The van der Waals surface area contributed by atoms with Crippen molar-refractivity contribution >= 4 is 0 Å². The second-order valence-electron chi connectivity index (χ2n) is 5.78. The standard InChI is InChI=1S/C16H19F7O2/c1-4-9-25-12-7-5-11(6-8-12)13(2,24-3)10-14(17,15(18,19)20)16(21,22)23/h5-8H,4,9-10H2,1-3H3. The molecule has 1 atom stereocenters. The Hall–Kier alpha value is -1.51. The van der Waals surface area contributed by atoms with Gasteiger partial charge in [0, 0.05) is 13.5 Å². The van der Waals surface area contributed by atoms with Crippen molar-refractivity contribution < 1.29 is 40.2 Å². The van der Waals surface area contributed by atoms with Crippen LogP contribution in [-0.4, -0.2) is 31.7 Å². The smallest absolute Gasteiger partial charge is 0.431 e. The van der Waals surface area contributed by atoms with Gasteiger partial charge < -0.3 is 9.47 Å². The molecule has 0 aromatic heterocycles. The van der Waals surface area contributed by atoms with E-state index in [2.05, 4.69) is 0 Å². The third kappa shape index (κ3) is 4.56. The summed E-state index contributed by atoms with van der Waals surface area (Å²) in [4.78, 5) is 0. The summed E-state index contributed by atoms with van der Waals surface area (Å²) in [6.07, 6.45) is -13.5. The largest absolute Gasteiger partial charge is 0.494 e. The van der Waals surface area contributed by atoms with E-state index in [0.29, 0.717) is 12.4 Å². The summed E-state index contributed by atoms with van der Waals surface area (Å²) in [6.45, 7) is 3.24. The molecule has 0 aliphatic rings. The SMILES string of the molecule is CCCOc1ccc(C(C)(CC(F)(C(F)(F)F)C(F)(F)F)OC)cc1. The highest BCUT2D eigenvalue weighted by atomic mass is 19.4. The molecule has 2 nitrogen and oxygen atoms in total. The Balaban J connectivity index is 3.21. The fourth-order valence-electron chi connectivity index (χ4n) is 2.24. The average Bonchev–Trinajstić information content (AvgIpc) is 2.51. The summed E-state index contributed by atoms with van der Waals surface area (Å²) in [5, 5.41) is 0. The quantitative estimate of drug-likeness (QED) is 0.580. The van der Waals surface area contributed by atoms with Crippen molar-refractivity contribution in [3.8, 4) is 5.75 Å². The molecule has 0 fully saturated rings. The lowest BCUT2D eigenvalue weighted by Crippen LogP contribution is -2.56. The Morgan fingerprint density at radius 3 is 1.72 bits per heavy atom. The number of alkyl halides is 7. The number of rotatable bonds is 7. The lowest BCUT2D eigenvalue weighted by atomic mass is 9.83. The topological polar surface area (TPSA) is 18.5 Å². The number of hydrogen-bond acceptors (Lipinski definition) is 2. The zero-order chi connectivity index (χ0) is 19.5. The first-order valence-corrected chi connectivity index (χ1v) is 7.41. The summed E-state index contributed by atoms with van der Waals surface area (Å²) >= 11 is 0. The molecule has 0 bridgehead atoms. The van der Waals surface area contributed by atoms with Gasteiger partial charge in [-0.3, -0.25) is 0 Å². The summed E-state index contributed by atoms with van der Waals surface area (Å²) in [5.74, 6) is 0.391. The fourth-order valence-corrected chi connectivity index (χ4v) is 2.24. The van der Waals surface area contributed by atoms with E-state index < -0.39 is 30.0 Å². The van der Waals surface area contributed by atoms with E-state index in [4.69, 9.17) is 9.47 Å². The van der Waals surface area contributed by atoms with Crippen LogP contribution in [0.4, 0.5) is 30.7 Å². The van der Waals surface area contributed by atoms with Crippen LogP contribution >= 0.6 is 0 Å². The van der Waals surface area contributed by atoms with Crippen LogP contribution in [-0.2, 0) is 10.3 Å². The Kier molecular flexibility index (Phi) is 6.36. The molecule has 0 N–H and O–H groups in total. The van der Waals surface area contributed by atoms with Gasteiger partial charge in [0.2, 0.25) is 0 Å². The molecule has 9 heteroatoms. The molecule has 0 spiro atoms. The minimum atomic E-state index is -6.13. The molecule has 1 unspecified atom stereocenters. The van der Waals surface area contributed by atoms with Crippen molar-refractivity contribution in [2.45, 2.75) is 50.3 Å². The van der Waals surface area contributed by atoms with Crippen LogP contribution in [0.3, 0.4) is 0 Å². The van der Waals surface area contributed by atoms with Crippen LogP contribution < -0.4 is 4.74 Å². The average molecular weight is 376 g/mol. The normalized spacial score (nSPS) is 15.8. The van der Waals surface area contributed by atoms with Crippen molar-refractivity contribution in [2.24, 2.45) is 0 Å². The maximum Gasteiger partial charge on any atom is 0.431 e. The molecule has 25 heavy (non-hydrogen) atoms. The molecule has 0 aliphatic heterocycles. The molecule has 1 aromatic carbocycles. The number of benzene rings is 1. The summed E-state index contributed by atoms with van der Waals surface area (Å²) in [7, 11) is 0.925. The lowest BCUT2D eigenvalue weighted by Gasteiger charge is -2.38. The Morgan fingerprint density at radius 2 is 1.36 bits per heavy atom. The number of hydrogen-bond donors (Lipinski definition) is 0. The zero-order valence-electron chi connectivity index (χ0n) is 13.9. The van der Waals surface area contributed by atoms with Crippen LogP contribution in [0.5, 0.6) is 5.75 Å². The molecular weight excluding hydrogens is 357 g/mol. The van der Waals surface area contributed by atoms with Crippen molar-refractivity contribution in [1.82, 2.24) is 0 Å². The summed E-state index contributed by atoms with van der Waals surface area (Å²) in [5.41, 5.74) is -7.58. The Bertz CT molecular complexity index is 537. The Labute approximate surface area is 140 Å². The molecule has 144 valence electrons. The van der Waals surface area contributed by atoms with Gasteiger partial charge in [-0.15, -0.1) is 0 Å². The third-order valence-corrected chi connectivity index (χ3v) is 3.87. The first-order chi connectivity index (χ1) is 11.3. The second-order valence-corrected chi connectivity index (χ2v) is 5.78. The van der Waals surface area contributed by atoms with E-state index in [0.717, 1.165) is 20.5 Å². The molecule has 0 heterocycles. The van der Waals surface area contributed by atoms with E-state index in [9.17, 15) is 30.7 Å². The highest BCUT2D eigenvalue weighted by Crippen LogP contribution is 2.52. The van der Waals surface area contributed by atoms with Crippen LogP contribution in [0.25, 0.3) is 0 Å². The maximum absolute atomic E-state index is 14.1. The first kappa shape index (κ1) is 21.5. The highest BCUT2D eigenvalue weighted by molar-refractivity contribution is 5.31. The van der Waals surface area contributed by atoms with Crippen molar-refractivity contribution in [1.29, 1.82) is 0 Å². The molecule has 0 saturated heterocycles. The minimum absolute atomic E-state index is 0.0330. The molecule has 0 aliphatic carbocycles. The van der Waals surface area contributed by atoms with Gasteiger partial charge in [0.25, 0.3) is 0 Å². The molecular formula is C16H19F7O2. The molecule has 1 rings (SSSR count). The van der Waals surface area contributed by atoms with E-state index >= 15 is 0 Å². The minimum Gasteiger partial charge on any atom is -0.494 e. The molecule has 0 saturated carbocycles. The number of halogens is 7. The van der Waals surface area contributed by atoms with Crippen LogP contribution in [0.1, 0.15) is 32.3 Å². The molecule has 0 amide bonds. The second kappa shape index (κ2) is 7.39. The van der Waals surface area contributed by atoms with Crippen molar-refractivity contribution in [2.75, 3.05) is 13.7 Å². The van der Waals surface area contributed by atoms with Crippen molar-refractivity contribution in [3.05, 3.63) is 29.8 Å². The molecule has 1 aromatic rings. The van der Waals surface area contributed by atoms with Gasteiger partial charge in [-0.1, -0.05) is 19.1 Å². The van der Waals surface area contributed by atoms with E-state index in [-0.39, 0.29) is 5.56 Å². The van der Waals surface area contributed by atoms with Crippen molar-refractivity contribution in [3.63, 3.8) is 0 Å². The maximum atomic E-state index is 14.1. The molecule has 0 radical (unpaired) electrons. The highest BCUT2D eigenvalue weighted by Gasteiger charge is 2.74. The van der Waals surface area contributed by atoms with Gasteiger partial charge in [-0.25, -0.2) is 4.39 Å². The predicted molar refractivity (Wildman–Crippen MR) is 77.2 cm³/mol. The van der Waals surface area contributed by atoms with E-state index in [1.807, 2.05) is 6.92 Å². The number of ether oxygens (including phenoxy) is 2. The van der Waals surface area contributed by atoms with Gasteiger partial charge in [-0.2, -0.15) is 26.3 Å². The van der Waals surface area contributed by atoms with E-state index in [1.54, 1.807) is 0 Å². The zero-order valence-corrected chi connectivity index (χ0v) is 13.9. The monoisotopic (exact) mass is 376 g/mol. The van der Waals surface area contributed by atoms with Gasteiger partial charge >= 0.3 is 18.0 Å². The summed E-state index contributed by atoms with van der Waals surface area (Å²) < 4.78 is 101. The third-order valence-electron chi connectivity index (χ3n) is 3.87. The fraction of sp³-hybridized carbons (Fsp3) is 0.625. The lowest BCUT2D eigenvalue weighted by molar-refractivity contribution is -0.353.